The van der Waals surface area contributed by atoms with E-state index >= 15 is 0 Å². The summed E-state index contributed by atoms with van der Waals surface area (Å²) >= 11 is 0.845. The van der Waals surface area contributed by atoms with E-state index in [4.69, 9.17) is 4.74 Å². The van der Waals surface area contributed by atoms with Gasteiger partial charge in [-0.1, -0.05) is 76.7 Å². The summed E-state index contributed by atoms with van der Waals surface area (Å²) < 4.78 is 20.2. The zero-order valence-electron chi connectivity index (χ0n) is 19.8. The molecule has 7 heteroatoms. The number of carbonyl (C=O) groups excluding carboxylic acids is 1. The fraction of sp³-hybridized carbons (Fsp3) is 0.370. The van der Waals surface area contributed by atoms with Gasteiger partial charge in [-0.15, -0.1) is 0 Å². The number of aliphatic carboxylic acids is 1. The number of nitrogens with zero attached hydrogens (tertiary/aromatic N) is 1. The van der Waals surface area contributed by atoms with E-state index in [2.05, 4.69) is 6.07 Å². The Kier molecular flexibility index (Phi) is 6.95. The van der Waals surface area contributed by atoms with Gasteiger partial charge in [0.05, 0.1) is 12.0 Å². The predicted octanol–water partition coefficient (Wildman–Crippen LogP) is 6.72. The van der Waals surface area contributed by atoms with Crippen LogP contribution in [0.15, 0.2) is 66.5 Å². The highest BCUT2D eigenvalue weighted by Gasteiger charge is 2.78. The molecule has 34 heavy (non-hydrogen) atoms. The molecule has 0 saturated heterocycles. The van der Waals surface area contributed by atoms with Gasteiger partial charge in [-0.2, -0.15) is 5.26 Å². The van der Waals surface area contributed by atoms with Crippen LogP contribution in [0.4, 0.5) is 4.39 Å². The minimum Gasteiger partial charge on any atom is -0.481 e. The lowest BCUT2D eigenvalue weighted by molar-refractivity contribution is -0.145. The molecule has 0 aromatic heterocycles. The quantitative estimate of drug-likeness (QED) is 0.442. The second-order valence-corrected chi connectivity index (χ2v) is 11.7. The topological polar surface area (TPSA) is 87.4 Å². The number of ether oxygens (including phenoxy) is 1. The minimum absolute atomic E-state index is 0.456. The normalized spacial score (nSPS) is 22.4. The highest BCUT2D eigenvalue weighted by molar-refractivity contribution is 8.15. The first kappa shape index (κ1) is 25.5. The van der Waals surface area contributed by atoms with Gasteiger partial charge in [0.2, 0.25) is 5.12 Å². The molecule has 1 aliphatic carbocycles. The maximum absolute atomic E-state index is 14.8. The molecule has 0 spiro atoms. The second-order valence-electron chi connectivity index (χ2n) is 9.94. The van der Waals surface area contributed by atoms with Crippen LogP contribution < -0.4 is 4.74 Å². The molecule has 3 atom stereocenters. The number of benzene rings is 2. The van der Waals surface area contributed by atoms with Gasteiger partial charge in [0, 0.05) is 10.7 Å². The van der Waals surface area contributed by atoms with Crippen molar-refractivity contribution in [2.75, 3.05) is 0 Å². The molecular formula is C27H28FNO4S. The number of nitriles is 1. The van der Waals surface area contributed by atoms with Gasteiger partial charge in [0.25, 0.3) is 0 Å². The molecule has 0 amide bonds. The molecule has 0 heterocycles. The number of carbonyl (C=O) groups is 2. The molecule has 1 N–H and O–H groups in total. The van der Waals surface area contributed by atoms with Crippen LogP contribution in [-0.4, -0.2) is 20.9 Å². The summed E-state index contributed by atoms with van der Waals surface area (Å²) in [6, 6.07) is 17.9. The number of carboxylic acid groups (broad SMARTS) is 1. The van der Waals surface area contributed by atoms with E-state index in [1.807, 2.05) is 18.2 Å². The molecule has 0 aliphatic heterocycles. The Bertz CT molecular complexity index is 1160. The largest absolute Gasteiger partial charge is 0.481 e. The number of hydrogen-bond acceptors (Lipinski definition) is 5. The molecule has 3 rings (SSSR count). The van der Waals surface area contributed by atoms with Crippen LogP contribution in [0.3, 0.4) is 0 Å². The van der Waals surface area contributed by atoms with Gasteiger partial charge in [0.15, 0.2) is 5.83 Å². The second kappa shape index (κ2) is 9.27. The SMILES string of the molecule is CC(C)(C)SC(=O)C(F)=C[C@H]1C(C)(C)[C@]1(C(=O)O)C(C#N)c1cccc(Oc2ccccc2)c1. The third-order valence-electron chi connectivity index (χ3n) is 6.27. The maximum atomic E-state index is 14.8. The Balaban J connectivity index is 1.98. The van der Waals surface area contributed by atoms with E-state index in [0.717, 1.165) is 17.8 Å². The number of halogens is 1. The van der Waals surface area contributed by atoms with Gasteiger partial charge >= 0.3 is 5.97 Å². The first-order chi connectivity index (χ1) is 15.8. The highest BCUT2D eigenvalue weighted by atomic mass is 32.2. The van der Waals surface area contributed by atoms with Crippen LogP contribution in [0.25, 0.3) is 0 Å². The summed E-state index contributed by atoms with van der Waals surface area (Å²) in [5.74, 6) is -3.06. The monoisotopic (exact) mass is 481 g/mol. The van der Waals surface area contributed by atoms with Gasteiger partial charge in [-0.05, 0) is 41.3 Å². The van der Waals surface area contributed by atoms with Crippen LogP contribution in [0.2, 0.25) is 0 Å². The zero-order valence-corrected chi connectivity index (χ0v) is 20.7. The third kappa shape index (κ3) is 4.74. The van der Waals surface area contributed by atoms with Crippen LogP contribution in [-0.2, 0) is 9.59 Å². The third-order valence-corrected chi connectivity index (χ3v) is 7.26. The summed E-state index contributed by atoms with van der Waals surface area (Å²) in [7, 11) is 0. The number of rotatable bonds is 7. The van der Waals surface area contributed by atoms with E-state index in [9.17, 15) is 24.3 Å². The predicted molar refractivity (Wildman–Crippen MR) is 130 cm³/mol. The first-order valence-electron chi connectivity index (χ1n) is 10.9. The molecule has 1 saturated carbocycles. The lowest BCUT2D eigenvalue weighted by Gasteiger charge is -2.22. The summed E-state index contributed by atoms with van der Waals surface area (Å²) in [5, 5.41) is 19.6. The van der Waals surface area contributed by atoms with Crippen molar-refractivity contribution >= 4 is 22.8 Å². The van der Waals surface area contributed by atoms with Gasteiger partial charge < -0.3 is 9.84 Å². The number of hydrogen-bond donors (Lipinski definition) is 1. The number of allylic oxidation sites excluding steroid dienone is 1. The molecule has 178 valence electrons. The number of carboxylic acids is 1. The van der Waals surface area contributed by atoms with Crippen molar-refractivity contribution in [3.8, 4) is 17.6 Å². The zero-order chi connectivity index (χ0) is 25.3. The molecular weight excluding hydrogens is 453 g/mol. The van der Waals surface area contributed by atoms with E-state index in [1.165, 1.54) is 0 Å². The Morgan fingerprint density at radius 2 is 1.76 bits per heavy atom. The molecule has 5 nitrogen and oxygen atoms in total. The summed E-state index contributed by atoms with van der Waals surface area (Å²) in [6.45, 7) is 8.75. The Hall–Kier alpha value is -3.11. The number of thioether (sulfide) groups is 1. The molecule has 1 aliphatic rings. The van der Waals surface area contributed by atoms with Gasteiger partial charge in [0.1, 0.15) is 16.9 Å². The molecule has 1 unspecified atom stereocenters. The van der Waals surface area contributed by atoms with Crippen molar-refractivity contribution in [3.05, 3.63) is 72.1 Å². The molecule has 1 fully saturated rings. The van der Waals surface area contributed by atoms with Gasteiger partial charge in [-0.25, -0.2) is 4.39 Å². The van der Waals surface area contributed by atoms with Crippen molar-refractivity contribution in [2.24, 2.45) is 16.7 Å². The van der Waals surface area contributed by atoms with Gasteiger partial charge in [-0.3, -0.25) is 9.59 Å². The molecule has 2 aromatic carbocycles. The van der Waals surface area contributed by atoms with Crippen molar-refractivity contribution < 1.29 is 23.8 Å². The van der Waals surface area contributed by atoms with E-state index < -0.39 is 44.3 Å². The standard InChI is InChI=1S/C27H28FNO4S/c1-25(2,3)34-23(30)21(28)15-22-26(4,5)27(22,24(31)32)20(16-29)17-10-9-13-19(14-17)33-18-11-7-6-8-12-18/h6-15,20,22H,1-5H3,(H,31,32)/t20?,22-,27+/m0/s1. The molecule has 2 aromatic rings. The molecule has 0 radical (unpaired) electrons. The Labute approximate surface area is 203 Å². The van der Waals surface area contributed by atoms with Crippen molar-refractivity contribution in [3.63, 3.8) is 0 Å². The number of para-hydroxylation sites is 1. The van der Waals surface area contributed by atoms with E-state index in [-0.39, 0.29) is 0 Å². The Morgan fingerprint density at radius 1 is 1.15 bits per heavy atom. The van der Waals surface area contributed by atoms with Crippen molar-refractivity contribution in [1.29, 1.82) is 5.26 Å². The summed E-state index contributed by atoms with van der Waals surface area (Å²) in [5.41, 5.74) is -2.10. The first-order valence-corrected chi connectivity index (χ1v) is 11.7. The van der Waals surface area contributed by atoms with Crippen LogP contribution in [0, 0.1) is 28.1 Å². The summed E-state index contributed by atoms with van der Waals surface area (Å²) in [4.78, 5) is 24.9. The van der Waals surface area contributed by atoms with Crippen molar-refractivity contribution in [1.82, 2.24) is 0 Å². The maximum Gasteiger partial charge on any atom is 0.312 e. The van der Waals surface area contributed by atoms with Crippen LogP contribution in [0.5, 0.6) is 11.5 Å². The van der Waals surface area contributed by atoms with Crippen LogP contribution in [0.1, 0.15) is 46.1 Å². The fourth-order valence-electron chi connectivity index (χ4n) is 4.62. The van der Waals surface area contributed by atoms with Crippen LogP contribution >= 0.6 is 11.8 Å². The lowest BCUT2D eigenvalue weighted by atomic mass is 9.78. The Morgan fingerprint density at radius 3 is 2.32 bits per heavy atom. The fourth-order valence-corrected chi connectivity index (χ4v) is 5.35. The average molecular weight is 482 g/mol. The van der Waals surface area contributed by atoms with E-state index in [0.29, 0.717) is 17.1 Å². The highest BCUT2D eigenvalue weighted by Crippen LogP contribution is 2.75. The smallest absolute Gasteiger partial charge is 0.312 e. The minimum atomic E-state index is -1.60. The van der Waals surface area contributed by atoms with E-state index in [1.54, 1.807) is 71.0 Å². The summed E-state index contributed by atoms with van der Waals surface area (Å²) in [6.07, 6.45) is 1.09. The lowest BCUT2D eigenvalue weighted by Crippen LogP contribution is -2.28. The molecule has 0 bridgehead atoms. The van der Waals surface area contributed by atoms with Crippen molar-refractivity contribution in [2.45, 2.75) is 45.3 Å². The average Bonchev–Trinajstić information content (AvgIpc) is 3.23.